The minimum atomic E-state index is -0.226. The number of hydrogen-bond donors (Lipinski definition) is 1. The van der Waals surface area contributed by atoms with Crippen molar-refractivity contribution in [1.82, 2.24) is 9.88 Å². The fourth-order valence-electron chi connectivity index (χ4n) is 2.10. The molecule has 1 aromatic rings. The lowest BCUT2D eigenvalue weighted by Crippen LogP contribution is -2.37. The molecule has 2 rings (SSSR count). The predicted molar refractivity (Wildman–Crippen MR) is 66.0 cm³/mol. The van der Waals surface area contributed by atoms with Crippen LogP contribution in [0.2, 0.25) is 0 Å². The van der Waals surface area contributed by atoms with Crippen molar-refractivity contribution in [2.24, 2.45) is 5.92 Å². The second kappa shape index (κ2) is 5.17. The molecule has 1 saturated carbocycles. The van der Waals surface area contributed by atoms with Crippen molar-refractivity contribution in [3.05, 3.63) is 34.2 Å². The van der Waals surface area contributed by atoms with E-state index < -0.39 is 0 Å². The minimum absolute atomic E-state index is 0.0366. The molecule has 4 nitrogen and oxygen atoms in total. The smallest absolute Gasteiger partial charge is 0.254 e. The maximum Gasteiger partial charge on any atom is 0.254 e. The van der Waals surface area contributed by atoms with E-state index in [4.69, 9.17) is 0 Å². The molecule has 17 heavy (non-hydrogen) atoms. The molecule has 1 N–H and O–H groups in total. The number of aromatic nitrogens is 1. The molecule has 4 heteroatoms. The second-order valence-electron chi connectivity index (χ2n) is 4.58. The fraction of sp³-hybridized carbons (Fsp3) is 0.538. The van der Waals surface area contributed by atoms with Gasteiger partial charge in [-0.3, -0.25) is 9.59 Å². The molecule has 0 aliphatic heterocycles. The number of carbonyl (C=O) groups is 1. The SMILES string of the molecule is CCN(CC1CCC1)C(=O)c1cc[nH]c(=O)c1. The van der Waals surface area contributed by atoms with Gasteiger partial charge in [0.15, 0.2) is 0 Å². The topological polar surface area (TPSA) is 53.2 Å². The Morgan fingerprint density at radius 3 is 2.82 bits per heavy atom. The summed E-state index contributed by atoms with van der Waals surface area (Å²) in [4.78, 5) is 27.7. The van der Waals surface area contributed by atoms with Crippen molar-refractivity contribution in [3.63, 3.8) is 0 Å². The largest absolute Gasteiger partial charge is 0.339 e. The van der Waals surface area contributed by atoms with Gasteiger partial charge >= 0.3 is 0 Å². The molecule has 0 unspecified atom stereocenters. The summed E-state index contributed by atoms with van der Waals surface area (Å²) in [5.41, 5.74) is 0.255. The van der Waals surface area contributed by atoms with Crippen molar-refractivity contribution in [2.45, 2.75) is 26.2 Å². The van der Waals surface area contributed by atoms with Crippen LogP contribution in [-0.4, -0.2) is 28.9 Å². The van der Waals surface area contributed by atoms with Crippen LogP contribution in [0.15, 0.2) is 23.1 Å². The first-order chi connectivity index (χ1) is 8.20. The number of nitrogens with one attached hydrogen (secondary N) is 1. The van der Waals surface area contributed by atoms with Gasteiger partial charge in [-0.1, -0.05) is 6.42 Å². The summed E-state index contributed by atoms with van der Waals surface area (Å²) >= 11 is 0. The highest BCUT2D eigenvalue weighted by Crippen LogP contribution is 2.27. The number of amides is 1. The Morgan fingerprint density at radius 1 is 1.53 bits per heavy atom. The molecule has 0 radical (unpaired) electrons. The lowest BCUT2D eigenvalue weighted by Gasteiger charge is -2.31. The molecule has 1 heterocycles. The maximum absolute atomic E-state index is 12.2. The Kier molecular flexibility index (Phi) is 3.61. The third-order valence-corrected chi connectivity index (χ3v) is 3.39. The Bertz CT molecular complexity index is 449. The maximum atomic E-state index is 12.2. The van der Waals surface area contributed by atoms with Crippen molar-refractivity contribution in [1.29, 1.82) is 0 Å². The van der Waals surface area contributed by atoms with Crippen LogP contribution in [-0.2, 0) is 0 Å². The van der Waals surface area contributed by atoms with Crippen LogP contribution in [0.25, 0.3) is 0 Å². The van der Waals surface area contributed by atoms with Crippen LogP contribution in [0, 0.1) is 5.92 Å². The van der Waals surface area contributed by atoms with E-state index in [2.05, 4.69) is 4.98 Å². The van der Waals surface area contributed by atoms with E-state index in [9.17, 15) is 9.59 Å². The Labute approximate surface area is 101 Å². The number of aromatic amines is 1. The van der Waals surface area contributed by atoms with Crippen molar-refractivity contribution in [2.75, 3.05) is 13.1 Å². The third kappa shape index (κ3) is 2.75. The molecule has 1 aliphatic carbocycles. The van der Waals surface area contributed by atoms with Crippen molar-refractivity contribution >= 4 is 5.91 Å². The highest BCUT2D eigenvalue weighted by molar-refractivity contribution is 5.94. The average Bonchev–Trinajstić information content (AvgIpc) is 2.27. The first-order valence-corrected chi connectivity index (χ1v) is 6.18. The number of rotatable bonds is 4. The van der Waals surface area contributed by atoms with Gasteiger partial charge in [0, 0.05) is 30.9 Å². The van der Waals surface area contributed by atoms with Gasteiger partial charge < -0.3 is 9.88 Å². The van der Waals surface area contributed by atoms with Crippen LogP contribution < -0.4 is 5.56 Å². The number of H-pyrrole nitrogens is 1. The number of hydrogen-bond acceptors (Lipinski definition) is 2. The summed E-state index contributed by atoms with van der Waals surface area (Å²) < 4.78 is 0. The number of carbonyl (C=O) groups excluding carboxylic acids is 1. The molecule has 92 valence electrons. The predicted octanol–water partition coefficient (Wildman–Crippen LogP) is 1.64. The second-order valence-corrected chi connectivity index (χ2v) is 4.58. The molecule has 0 bridgehead atoms. The molecule has 0 aromatic carbocycles. The molecule has 0 atom stereocenters. The minimum Gasteiger partial charge on any atom is -0.339 e. The van der Waals surface area contributed by atoms with E-state index in [1.807, 2.05) is 11.8 Å². The summed E-state index contributed by atoms with van der Waals surface area (Å²) in [5.74, 6) is 0.617. The van der Waals surface area contributed by atoms with E-state index in [1.165, 1.54) is 31.5 Å². The van der Waals surface area contributed by atoms with Gasteiger partial charge in [-0.15, -0.1) is 0 Å². The van der Waals surface area contributed by atoms with E-state index in [0.29, 0.717) is 18.0 Å². The molecule has 1 amide bonds. The van der Waals surface area contributed by atoms with Crippen LogP contribution in [0.3, 0.4) is 0 Å². The summed E-state index contributed by atoms with van der Waals surface area (Å²) in [7, 11) is 0. The van der Waals surface area contributed by atoms with E-state index in [0.717, 1.165) is 6.54 Å². The summed E-state index contributed by atoms with van der Waals surface area (Å²) in [6.07, 6.45) is 5.24. The molecular formula is C13H18N2O2. The zero-order valence-electron chi connectivity index (χ0n) is 10.1. The normalized spacial score (nSPS) is 15.4. The monoisotopic (exact) mass is 234 g/mol. The van der Waals surface area contributed by atoms with Gasteiger partial charge in [-0.05, 0) is 31.7 Å². The lowest BCUT2D eigenvalue weighted by molar-refractivity contribution is 0.0706. The van der Waals surface area contributed by atoms with Gasteiger partial charge in [0.25, 0.3) is 5.91 Å². The van der Waals surface area contributed by atoms with E-state index in [-0.39, 0.29) is 11.5 Å². The number of nitrogens with zero attached hydrogens (tertiary/aromatic N) is 1. The third-order valence-electron chi connectivity index (χ3n) is 3.39. The standard InChI is InChI=1S/C13H18N2O2/c1-2-15(9-10-4-3-5-10)13(17)11-6-7-14-12(16)8-11/h6-8,10H,2-5,9H2,1H3,(H,14,16). The molecular weight excluding hydrogens is 216 g/mol. The van der Waals surface area contributed by atoms with Crippen molar-refractivity contribution in [3.8, 4) is 0 Å². The van der Waals surface area contributed by atoms with E-state index in [1.54, 1.807) is 6.07 Å². The fourth-order valence-corrected chi connectivity index (χ4v) is 2.10. The Morgan fingerprint density at radius 2 is 2.29 bits per heavy atom. The number of pyridine rings is 1. The molecule has 1 fully saturated rings. The Balaban J connectivity index is 2.07. The molecule has 1 aromatic heterocycles. The molecule has 0 saturated heterocycles. The van der Waals surface area contributed by atoms with Gasteiger partial charge in [0.2, 0.25) is 5.56 Å². The quantitative estimate of drug-likeness (QED) is 0.861. The first-order valence-electron chi connectivity index (χ1n) is 6.18. The van der Waals surface area contributed by atoms with Crippen LogP contribution in [0.4, 0.5) is 0 Å². The lowest BCUT2D eigenvalue weighted by atomic mass is 9.85. The van der Waals surface area contributed by atoms with Gasteiger partial charge in [0.05, 0.1) is 0 Å². The highest BCUT2D eigenvalue weighted by atomic mass is 16.2. The molecule has 0 spiro atoms. The summed E-state index contributed by atoms with van der Waals surface area (Å²) in [5, 5.41) is 0. The van der Waals surface area contributed by atoms with Gasteiger partial charge in [-0.2, -0.15) is 0 Å². The average molecular weight is 234 g/mol. The zero-order valence-corrected chi connectivity index (χ0v) is 10.1. The Hall–Kier alpha value is -1.58. The molecule has 1 aliphatic rings. The van der Waals surface area contributed by atoms with E-state index >= 15 is 0 Å². The first kappa shape index (κ1) is 11.9. The van der Waals surface area contributed by atoms with Gasteiger partial charge in [0.1, 0.15) is 0 Å². The van der Waals surface area contributed by atoms with Crippen LogP contribution in [0.5, 0.6) is 0 Å². The van der Waals surface area contributed by atoms with Gasteiger partial charge in [-0.25, -0.2) is 0 Å². The van der Waals surface area contributed by atoms with Crippen LogP contribution >= 0.6 is 0 Å². The summed E-state index contributed by atoms with van der Waals surface area (Å²) in [6.45, 7) is 3.49. The highest BCUT2D eigenvalue weighted by Gasteiger charge is 2.23. The zero-order chi connectivity index (χ0) is 12.3. The van der Waals surface area contributed by atoms with Crippen LogP contribution in [0.1, 0.15) is 36.5 Å². The van der Waals surface area contributed by atoms with Crippen molar-refractivity contribution < 1.29 is 4.79 Å². The summed E-state index contributed by atoms with van der Waals surface area (Å²) in [6, 6.07) is 3.03.